The van der Waals surface area contributed by atoms with Crippen LogP contribution in [-0.2, 0) is 0 Å². The molecule has 0 aliphatic heterocycles. The Bertz CT molecular complexity index is 448. The molecule has 1 aromatic carbocycles. The van der Waals surface area contributed by atoms with Gasteiger partial charge in [-0.1, -0.05) is 34.5 Å². The zero-order valence-corrected chi connectivity index (χ0v) is 10.4. The van der Waals surface area contributed by atoms with E-state index in [1.807, 2.05) is 13.0 Å². The highest BCUT2D eigenvalue weighted by molar-refractivity contribution is 9.10. The van der Waals surface area contributed by atoms with E-state index in [1.165, 1.54) is 12.1 Å². The lowest BCUT2D eigenvalue weighted by molar-refractivity contribution is 0.627. The molecule has 0 bridgehead atoms. The standard InChI is InChI=1S/C11H8BrClFN/c1-2-7(6-15)11(13)9-5-8(14)3-4-10(9)12/h3-5H,2H2,1H3/b11-7-. The van der Waals surface area contributed by atoms with Crippen molar-refractivity contribution < 1.29 is 4.39 Å². The summed E-state index contributed by atoms with van der Waals surface area (Å²) in [6.07, 6.45) is 0.526. The molecule has 0 amide bonds. The van der Waals surface area contributed by atoms with Gasteiger partial charge in [-0.25, -0.2) is 4.39 Å². The number of benzene rings is 1. The lowest BCUT2D eigenvalue weighted by atomic mass is 10.1. The molecule has 0 radical (unpaired) electrons. The summed E-state index contributed by atoms with van der Waals surface area (Å²) in [6.45, 7) is 1.83. The van der Waals surface area contributed by atoms with E-state index in [4.69, 9.17) is 16.9 Å². The molecule has 0 aliphatic rings. The van der Waals surface area contributed by atoms with Crippen LogP contribution >= 0.6 is 27.5 Å². The molecule has 15 heavy (non-hydrogen) atoms. The van der Waals surface area contributed by atoms with Crippen molar-refractivity contribution in [3.63, 3.8) is 0 Å². The highest BCUT2D eigenvalue weighted by atomic mass is 79.9. The van der Waals surface area contributed by atoms with Gasteiger partial charge in [0.15, 0.2) is 0 Å². The van der Waals surface area contributed by atoms with Crippen LogP contribution in [0.25, 0.3) is 5.03 Å². The van der Waals surface area contributed by atoms with Crippen molar-refractivity contribution in [2.75, 3.05) is 0 Å². The molecule has 0 aliphatic carbocycles. The third-order valence-electron chi connectivity index (χ3n) is 1.92. The molecule has 1 nitrogen and oxygen atoms in total. The van der Waals surface area contributed by atoms with Crippen molar-refractivity contribution in [1.82, 2.24) is 0 Å². The summed E-state index contributed by atoms with van der Waals surface area (Å²) in [5, 5.41) is 9.11. The van der Waals surface area contributed by atoms with Gasteiger partial charge in [0.25, 0.3) is 0 Å². The number of nitriles is 1. The predicted molar refractivity (Wildman–Crippen MR) is 62.8 cm³/mol. The smallest absolute Gasteiger partial charge is 0.123 e. The molecule has 4 heteroatoms. The topological polar surface area (TPSA) is 23.8 Å². The Hall–Kier alpha value is -0.850. The highest BCUT2D eigenvalue weighted by Crippen LogP contribution is 2.31. The van der Waals surface area contributed by atoms with Gasteiger partial charge in [0.1, 0.15) is 5.82 Å². The number of rotatable bonds is 2. The van der Waals surface area contributed by atoms with E-state index in [-0.39, 0.29) is 5.82 Å². The maximum atomic E-state index is 13.0. The van der Waals surface area contributed by atoms with Gasteiger partial charge in [-0.2, -0.15) is 5.26 Å². The third kappa shape index (κ3) is 2.80. The van der Waals surface area contributed by atoms with Crippen molar-refractivity contribution in [1.29, 1.82) is 5.26 Å². The Morgan fingerprint density at radius 3 is 2.80 bits per heavy atom. The maximum Gasteiger partial charge on any atom is 0.123 e. The summed E-state index contributed by atoms with van der Waals surface area (Å²) in [6, 6.07) is 6.20. The van der Waals surface area contributed by atoms with E-state index in [0.29, 0.717) is 27.1 Å². The number of nitrogens with zero attached hydrogens (tertiary/aromatic N) is 1. The first kappa shape index (κ1) is 12.2. The summed E-state index contributed by atoms with van der Waals surface area (Å²) < 4.78 is 13.7. The molecule has 0 unspecified atom stereocenters. The summed E-state index contributed by atoms with van der Waals surface area (Å²) >= 11 is 9.27. The minimum absolute atomic E-state index is 0.298. The number of halogens is 3. The van der Waals surface area contributed by atoms with E-state index in [1.54, 1.807) is 6.07 Å². The van der Waals surface area contributed by atoms with Gasteiger partial charge in [-0.3, -0.25) is 0 Å². The van der Waals surface area contributed by atoms with Crippen LogP contribution in [0.5, 0.6) is 0 Å². The zero-order chi connectivity index (χ0) is 11.4. The monoisotopic (exact) mass is 287 g/mol. The zero-order valence-electron chi connectivity index (χ0n) is 8.02. The van der Waals surface area contributed by atoms with Gasteiger partial charge in [0, 0.05) is 15.6 Å². The third-order valence-corrected chi connectivity index (χ3v) is 3.04. The molecule has 1 rings (SSSR count). The van der Waals surface area contributed by atoms with E-state index in [0.717, 1.165) is 0 Å². The Morgan fingerprint density at radius 1 is 1.60 bits per heavy atom. The molecule has 0 heterocycles. The van der Waals surface area contributed by atoms with Gasteiger partial charge in [-0.05, 0) is 24.6 Å². The molecular formula is C11H8BrClFN. The molecule has 78 valence electrons. The van der Waals surface area contributed by atoms with Crippen LogP contribution in [-0.4, -0.2) is 0 Å². The molecular weight excluding hydrogens is 280 g/mol. The van der Waals surface area contributed by atoms with E-state index < -0.39 is 0 Å². The molecule has 0 N–H and O–H groups in total. The lowest BCUT2D eigenvalue weighted by Gasteiger charge is -2.05. The molecule has 0 aromatic heterocycles. The second-order valence-corrected chi connectivity index (χ2v) is 4.11. The van der Waals surface area contributed by atoms with Crippen molar-refractivity contribution in [2.24, 2.45) is 0 Å². The Kier molecular flexibility index (Phi) is 4.31. The molecule has 0 saturated heterocycles. The van der Waals surface area contributed by atoms with Crippen LogP contribution < -0.4 is 0 Å². The Labute approximate surface area is 101 Å². The van der Waals surface area contributed by atoms with Gasteiger partial charge in [0.05, 0.1) is 11.1 Å². The van der Waals surface area contributed by atoms with Crippen molar-refractivity contribution in [3.8, 4) is 6.07 Å². The van der Waals surface area contributed by atoms with Crippen LogP contribution in [0, 0.1) is 17.1 Å². The predicted octanol–water partition coefficient (Wildman–Crippen LogP) is 4.47. The molecule has 0 spiro atoms. The van der Waals surface area contributed by atoms with Gasteiger partial charge < -0.3 is 0 Å². The van der Waals surface area contributed by atoms with Crippen molar-refractivity contribution in [2.45, 2.75) is 13.3 Å². The number of hydrogen-bond donors (Lipinski definition) is 0. The maximum absolute atomic E-state index is 13.0. The quantitative estimate of drug-likeness (QED) is 0.737. The average molecular weight is 289 g/mol. The van der Waals surface area contributed by atoms with E-state index in [2.05, 4.69) is 15.9 Å². The lowest BCUT2D eigenvalue weighted by Crippen LogP contribution is -1.87. The molecule has 1 aromatic rings. The van der Waals surface area contributed by atoms with Gasteiger partial charge >= 0.3 is 0 Å². The van der Waals surface area contributed by atoms with Crippen LogP contribution in [0.2, 0.25) is 0 Å². The van der Waals surface area contributed by atoms with Gasteiger partial charge in [-0.15, -0.1) is 0 Å². The molecule has 0 saturated carbocycles. The summed E-state index contributed by atoms with van der Waals surface area (Å²) in [4.78, 5) is 0. The average Bonchev–Trinajstić information content (AvgIpc) is 2.23. The largest absolute Gasteiger partial charge is 0.207 e. The summed E-state index contributed by atoms with van der Waals surface area (Å²) in [7, 11) is 0. The SMILES string of the molecule is CC/C(C#N)=C(/Cl)c1cc(F)ccc1Br. The first-order valence-corrected chi connectivity index (χ1v) is 5.51. The number of allylic oxidation sites excluding steroid dienone is 1. The van der Waals surface area contributed by atoms with Crippen LogP contribution in [0.4, 0.5) is 4.39 Å². The first-order chi connectivity index (χ1) is 7.10. The normalized spacial score (nSPS) is 11.9. The Balaban J connectivity index is 3.34. The van der Waals surface area contributed by atoms with Crippen LogP contribution in [0.3, 0.4) is 0 Å². The second kappa shape index (κ2) is 5.29. The Morgan fingerprint density at radius 2 is 2.27 bits per heavy atom. The van der Waals surface area contributed by atoms with Gasteiger partial charge in [0.2, 0.25) is 0 Å². The highest BCUT2D eigenvalue weighted by Gasteiger charge is 2.09. The van der Waals surface area contributed by atoms with Crippen molar-refractivity contribution >= 4 is 32.6 Å². The molecule has 0 atom stereocenters. The molecule has 0 fully saturated rings. The first-order valence-electron chi connectivity index (χ1n) is 4.34. The number of hydrogen-bond acceptors (Lipinski definition) is 1. The fraction of sp³-hybridized carbons (Fsp3) is 0.182. The minimum Gasteiger partial charge on any atom is -0.207 e. The van der Waals surface area contributed by atoms with Crippen molar-refractivity contribution in [3.05, 3.63) is 39.6 Å². The van der Waals surface area contributed by atoms with E-state index in [9.17, 15) is 4.39 Å². The fourth-order valence-corrected chi connectivity index (χ4v) is 2.00. The second-order valence-electron chi connectivity index (χ2n) is 2.88. The summed E-state index contributed by atoms with van der Waals surface area (Å²) in [5.74, 6) is -0.375. The minimum atomic E-state index is -0.375. The fourth-order valence-electron chi connectivity index (χ4n) is 1.11. The summed E-state index contributed by atoms with van der Waals surface area (Å²) in [5.41, 5.74) is 0.957. The van der Waals surface area contributed by atoms with Crippen LogP contribution in [0.1, 0.15) is 18.9 Å². The van der Waals surface area contributed by atoms with Crippen LogP contribution in [0.15, 0.2) is 28.2 Å². The van der Waals surface area contributed by atoms with E-state index >= 15 is 0 Å².